The van der Waals surface area contributed by atoms with E-state index in [9.17, 15) is 9.59 Å². The summed E-state index contributed by atoms with van der Waals surface area (Å²) >= 11 is 2.91. The van der Waals surface area contributed by atoms with Crippen LogP contribution in [0.15, 0.2) is 17.5 Å². The maximum Gasteiger partial charge on any atom is 0.261 e. The largest absolute Gasteiger partial charge is 0.340 e. The van der Waals surface area contributed by atoms with Crippen LogP contribution < -0.4 is 10.6 Å². The number of rotatable bonds is 4. The first-order chi connectivity index (χ1) is 11.1. The van der Waals surface area contributed by atoms with Crippen molar-refractivity contribution in [2.24, 2.45) is 0 Å². The predicted molar refractivity (Wildman–Crippen MR) is 93.2 cm³/mol. The van der Waals surface area contributed by atoms with Crippen molar-refractivity contribution in [3.05, 3.63) is 33.0 Å². The molecule has 2 heterocycles. The van der Waals surface area contributed by atoms with Crippen molar-refractivity contribution in [3.63, 3.8) is 0 Å². The molecule has 0 saturated carbocycles. The van der Waals surface area contributed by atoms with Crippen LogP contribution in [0.3, 0.4) is 0 Å². The highest BCUT2D eigenvalue weighted by Gasteiger charge is 2.20. The number of anilines is 1. The molecule has 2 aromatic rings. The van der Waals surface area contributed by atoms with E-state index in [0.717, 1.165) is 25.0 Å². The lowest BCUT2D eigenvalue weighted by Gasteiger charge is -2.12. The normalized spacial score (nSPS) is 15.3. The van der Waals surface area contributed by atoms with Crippen molar-refractivity contribution >= 4 is 39.6 Å². The lowest BCUT2D eigenvalue weighted by atomic mass is 10.2. The summed E-state index contributed by atoms with van der Waals surface area (Å²) in [5.41, 5.74) is 1.12. The third-order valence-electron chi connectivity index (χ3n) is 3.81. The molecule has 0 spiro atoms. The molecule has 7 heteroatoms. The van der Waals surface area contributed by atoms with E-state index in [4.69, 9.17) is 0 Å². The number of nitrogens with zero attached hydrogens (tertiary/aromatic N) is 1. The summed E-state index contributed by atoms with van der Waals surface area (Å²) in [5, 5.41) is 8.01. The van der Waals surface area contributed by atoms with Gasteiger partial charge in [0, 0.05) is 4.88 Å². The summed E-state index contributed by atoms with van der Waals surface area (Å²) < 4.78 is 0. The third kappa shape index (κ3) is 3.97. The summed E-state index contributed by atoms with van der Waals surface area (Å²) in [7, 11) is 0. The van der Waals surface area contributed by atoms with Gasteiger partial charge in [0.25, 0.3) is 5.91 Å². The molecule has 3 rings (SSSR count). The lowest BCUT2D eigenvalue weighted by Crippen LogP contribution is -2.41. The second kappa shape index (κ2) is 7.23. The molecule has 0 radical (unpaired) electrons. The fourth-order valence-corrected chi connectivity index (χ4v) is 4.22. The number of amides is 2. The van der Waals surface area contributed by atoms with Gasteiger partial charge in [0.1, 0.15) is 6.04 Å². The van der Waals surface area contributed by atoms with Gasteiger partial charge in [-0.05, 0) is 44.1 Å². The SMILES string of the molecule is CC(NC(=O)c1cccs1)C(=O)Nc1nc2c(s1)CCCCC2. The fourth-order valence-electron chi connectivity index (χ4n) is 2.54. The Balaban J connectivity index is 1.59. The van der Waals surface area contributed by atoms with Gasteiger partial charge in [-0.2, -0.15) is 0 Å². The number of aromatic nitrogens is 1. The van der Waals surface area contributed by atoms with Gasteiger partial charge >= 0.3 is 0 Å². The molecule has 0 bridgehead atoms. The Kier molecular flexibility index (Phi) is 5.07. The number of fused-ring (bicyclic) bond motifs is 1. The topological polar surface area (TPSA) is 71.1 Å². The minimum Gasteiger partial charge on any atom is -0.340 e. The van der Waals surface area contributed by atoms with Crippen LogP contribution in [0.4, 0.5) is 5.13 Å². The smallest absolute Gasteiger partial charge is 0.261 e. The van der Waals surface area contributed by atoms with Crippen molar-refractivity contribution in [3.8, 4) is 0 Å². The fraction of sp³-hybridized carbons (Fsp3) is 0.438. The number of thiophene rings is 1. The van der Waals surface area contributed by atoms with Crippen molar-refractivity contribution < 1.29 is 9.59 Å². The van der Waals surface area contributed by atoms with Gasteiger partial charge in [-0.3, -0.25) is 9.59 Å². The minimum atomic E-state index is -0.603. The Bertz CT molecular complexity index is 671. The Morgan fingerprint density at radius 2 is 2.09 bits per heavy atom. The van der Waals surface area contributed by atoms with Gasteiger partial charge in [0.05, 0.1) is 10.6 Å². The zero-order valence-electron chi connectivity index (χ0n) is 12.9. The molecule has 0 aromatic carbocycles. The molecule has 2 aromatic heterocycles. The van der Waals surface area contributed by atoms with E-state index in [0.29, 0.717) is 10.0 Å². The first-order valence-corrected chi connectivity index (χ1v) is 9.47. The van der Waals surface area contributed by atoms with Crippen LogP contribution in [0.25, 0.3) is 0 Å². The lowest BCUT2D eigenvalue weighted by molar-refractivity contribution is -0.117. The van der Waals surface area contributed by atoms with Gasteiger partial charge in [0.2, 0.25) is 5.91 Å². The molecule has 2 amide bonds. The van der Waals surface area contributed by atoms with Crippen molar-refractivity contribution in [2.75, 3.05) is 5.32 Å². The molecule has 0 aliphatic heterocycles. The van der Waals surface area contributed by atoms with Crippen molar-refractivity contribution in [2.45, 2.75) is 45.1 Å². The number of thiazole rings is 1. The Morgan fingerprint density at radius 1 is 1.26 bits per heavy atom. The van der Waals surface area contributed by atoms with Crippen LogP contribution in [-0.4, -0.2) is 22.8 Å². The quantitative estimate of drug-likeness (QED) is 0.833. The van der Waals surface area contributed by atoms with Gasteiger partial charge in [-0.15, -0.1) is 22.7 Å². The number of carbonyl (C=O) groups excluding carboxylic acids is 2. The van der Waals surface area contributed by atoms with E-state index < -0.39 is 6.04 Å². The Labute approximate surface area is 143 Å². The minimum absolute atomic E-state index is 0.224. The molecular formula is C16H19N3O2S2. The highest BCUT2D eigenvalue weighted by atomic mass is 32.1. The molecule has 5 nitrogen and oxygen atoms in total. The predicted octanol–water partition coefficient (Wildman–Crippen LogP) is 3.23. The van der Waals surface area contributed by atoms with E-state index in [1.807, 2.05) is 11.4 Å². The number of hydrogen-bond acceptors (Lipinski definition) is 5. The number of aryl methyl sites for hydroxylation is 2. The van der Waals surface area contributed by atoms with E-state index >= 15 is 0 Å². The first-order valence-electron chi connectivity index (χ1n) is 7.77. The molecule has 1 unspecified atom stereocenters. The first kappa shape index (κ1) is 16.1. The summed E-state index contributed by atoms with van der Waals surface area (Å²) in [6.07, 6.45) is 5.64. The average Bonchev–Trinajstić information content (AvgIpc) is 3.13. The third-order valence-corrected chi connectivity index (χ3v) is 5.75. The molecule has 23 heavy (non-hydrogen) atoms. The molecule has 0 fully saturated rings. The second-order valence-electron chi connectivity index (χ2n) is 5.61. The zero-order valence-corrected chi connectivity index (χ0v) is 14.6. The van der Waals surface area contributed by atoms with E-state index in [1.54, 1.807) is 24.3 Å². The summed E-state index contributed by atoms with van der Waals surface area (Å²) in [6.45, 7) is 1.68. The van der Waals surface area contributed by atoms with Crippen LogP contribution in [0.1, 0.15) is 46.4 Å². The van der Waals surface area contributed by atoms with Gasteiger partial charge < -0.3 is 10.6 Å². The van der Waals surface area contributed by atoms with Gasteiger partial charge in [0.15, 0.2) is 5.13 Å². The molecular weight excluding hydrogens is 330 g/mol. The standard InChI is InChI=1S/C16H19N3O2S2/c1-10(17-15(21)13-8-5-9-22-13)14(20)19-16-18-11-6-3-2-4-7-12(11)23-16/h5,8-10H,2-4,6-7H2,1H3,(H,17,21)(H,18,19,20). The van der Waals surface area contributed by atoms with Crippen LogP contribution in [-0.2, 0) is 17.6 Å². The van der Waals surface area contributed by atoms with Crippen molar-refractivity contribution in [1.82, 2.24) is 10.3 Å². The monoisotopic (exact) mass is 349 g/mol. The van der Waals surface area contributed by atoms with Crippen molar-refractivity contribution in [1.29, 1.82) is 0 Å². The summed E-state index contributed by atoms with van der Waals surface area (Å²) in [4.78, 5) is 30.6. The van der Waals surface area contributed by atoms with E-state index in [1.165, 1.54) is 29.1 Å². The molecule has 1 aliphatic carbocycles. The van der Waals surface area contributed by atoms with Crippen LogP contribution in [0, 0.1) is 0 Å². The maximum absolute atomic E-state index is 12.2. The number of hydrogen-bond donors (Lipinski definition) is 2. The highest BCUT2D eigenvalue weighted by Crippen LogP contribution is 2.28. The average molecular weight is 349 g/mol. The summed E-state index contributed by atoms with van der Waals surface area (Å²) in [6, 6.07) is 2.95. The Hall–Kier alpha value is -1.73. The van der Waals surface area contributed by atoms with Crippen LogP contribution in [0.2, 0.25) is 0 Å². The van der Waals surface area contributed by atoms with Crippen LogP contribution >= 0.6 is 22.7 Å². The zero-order chi connectivity index (χ0) is 16.2. The summed E-state index contributed by atoms with van der Waals surface area (Å²) in [5.74, 6) is -0.462. The van der Waals surface area contributed by atoms with Gasteiger partial charge in [-0.1, -0.05) is 12.5 Å². The molecule has 1 aliphatic rings. The number of carbonyl (C=O) groups is 2. The van der Waals surface area contributed by atoms with Gasteiger partial charge in [-0.25, -0.2) is 4.98 Å². The molecule has 1 atom stereocenters. The van der Waals surface area contributed by atoms with E-state index in [-0.39, 0.29) is 11.8 Å². The molecule has 0 saturated heterocycles. The van der Waals surface area contributed by atoms with Crippen LogP contribution in [0.5, 0.6) is 0 Å². The van der Waals surface area contributed by atoms with E-state index in [2.05, 4.69) is 15.6 Å². The maximum atomic E-state index is 12.2. The molecule has 2 N–H and O–H groups in total. The number of nitrogens with one attached hydrogen (secondary N) is 2. The Morgan fingerprint density at radius 3 is 2.87 bits per heavy atom. The highest BCUT2D eigenvalue weighted by molar-refractivity contribution is 7.15. The molecule has 122 valence electrons. The second-order valence-corrected chi connectivity index (χ2v) is 7.64.